The molecule has 2 nitrogen and oxygen atoms in total. The van der Waals surface area contributed by atoms with E-state index in [0.29, 0.717) is 5.76 Å². The number of hydrogen-bond acceptors (Lipinski definition) is 2. The molecule has 4 rings (SSSR count). The highest BCUT2D eigenvalue weighted by atomic mass is 16.5. The highest BCUT2D eigenvalue weighted by Crippen LogP contribution is 2.35. The van der Waals surface area contributed by atoms with Crippen LogP contribution >= 0.6 is 0 Å². The molecule has 2 atom stereocenters. The Balaban J connectivity index is 1.46. The van der Waals surface area contributed by atoms with Crippen molar-refractivity contribution in [2.75, 3.05) is 0 Å². The lowest BCUT2D eigenvalue weighted by Gasteiger charge is -2.23. The maximum atomic E-state index is 6.50. The minimum atomic E-state index is 0.0302. The van der Waals surface area contributed by atoms with E-state index < -0.39 is 0 Å². The van der Waals surface area contributed by atoms with Crippen molar-refractivity contribution in [3.63, 3.8) is 0 Å². The van der Waals surface area contributed by atoms with E-state index in [1.165, 1.54) is 11.1 Å². The number of allylic oxidation sites excluding steroid dienone is 1. The molecule has 0 N–H and O–H groups in total. The SMILES string of the molecule is C=C(OC(=CC)c1ccccc1)c1ccc(C2CC=CCC(c3ccccc3)O2)cc1. The summed E-state index contributed by atoms with van der Waals surface area (Å²) in [6, 6.07) is 28.9. The van der Waals surface area contributed by atoms with Gasteiger partial charge in [0.2, 0.25) is 0 Å². The monoisotopic (exact) mass is 408 g/mol. The van der Waals surface area contributed by atoms with Crippen LogP contribution in [-0.4, -0.2) is 0 Å². The zero-order valence-corrected chi connectivity index (χ0v) is 17.9. The lowest BCUT2D eigenvalue weighted by molar-refractivity contribution is -0.00807. The second-order valence-corrected chi connectivity index (χ2v) is 7.63. The van der Waals surface area contributed by atoms with E-state index >= 15 is 0 Å². The first kappa shape index (κ1) is 20.9. The number of rotatable bonds is 6. The second-order valence-electron chi connectivity index (χ2n) is 7.63. The van der Waals surface area contributed by atoms with E-state index in [-0.39, 0.29) is 12.2 Å². The Kier molecular flexibility index (Phi) is 6.81. The van der Waals surface area contributed by atoms with Crippen molar-refractivity contribution in [1.82, 2.24) is 0 Å². The molecular weight excluding hydrogens is 380 g/mol. The summed E-state index contributed by atoms with van der Waals surface area (Å²) in [5.74, 6) is 1.44. The van der Waals surface area contributed by atoms with Crippen LogP contribution in [0.4, 0.5) is 0 Å². The van der Waals surface area contributed by atoms with Gasteiger partial charge < -0.3 is 9.47 Å². The minimum Gasteiger partial charge on any atom is -0.457 e. The molecule has 156 valence electrons. The van der Waals surface area contributed by atoms with Gasteiger partial charge in [0.25, 0.3) is 0 Å². The summed E-state index contributed by atoms with van der Waals surface area (Å²) in [6.07, 6.45) is 8.29. The quantitative estimate of drug-likeness (QED) is 0.305. The maximum absolute atomic E-state index is 6.50. The van der Waals surface area contributed by atoms with Crippen molar-refractivity contribution in [1.29, 1.82) is 0 Å². The van der Waals surface area contributed by atoms with Crippen LogP contribution in [0, 0.1) is 0 Å². The molecule has 0 spiro atoms. The summed E-state index contributed by atoms with van der Waals surface area (Å²) < 4.78 is 12.6. The van der Waals surface area contributed by atoms with Crippen LogP contribution in [0.25, 0.3) is 11.5 Å². The van der Waals surface area contributed by atoms with Crippen LogP contribution in [-0.2, 0) is 9.47 Å². The second kappa shape index (κ2) is 10.1. The maximum Gasteiger partial charge on any atom is 0.130 e. The Bertz CT molecular complexity index is 1050. The molecular formula is C29H28O2. The fourth-order valence-electron chi connectivity index (χ4n) is 3.81. The summed E-state index contributed by atoms with van der Waals surface area (Å²) in [5, 5.41) is 0. The summed E-state index contributed by atoms with van der Waals surface area (Å²) in [4.78, 5) is 0. The molecule has 31 heavy (non-hydrogen) atoms. The minimum absolute atomic E-state index is 0.0302. The molecule has 2 heteroatoms. The molecule has 3 aromatic rings. The molecule has 1 heterocycles. The number of hydrogen-bond donors (Lipinski definition) is 0. The fraction of sp³-hybridized carbons (Fsp3) is 0.172. The predicted molar refractivity (Wildman–Crippen MR) is 128 cm³/mol. The molecule has 0 saturated carbocycles. The highest BCUT2D eigenvalue weighted by Gasteiger charge is 2.21. The Morgan fingerprint density at radius 1 is 0.774 bits per heavy atom. The van der Waals surface area contributed by atoms with Gasteiger partial charge in [0, 0.05) is 11.1 Å². The van der Waals surface area contributed by atoms with Crippen molar-refractivity contribution in [2.24, 2.45) is 0 Å². The topological polar surface area (TPSA) is 18.5 Å². The molecule has 1 aliphatic rings. The van der Waals surface area contributed by atoms with Gasteiger partial charge in [-0.3, -0.25) is 0 Å². The standard InChI is InChI=1S/C29H28O2/c1-3-27(24-12-6-4-7-13-24)30-22(2)23-18-20-26(21-19-23)29-17-11-10-16-28(31-29)25-14-8-5-9-15-25/h3-15,18-21,28-29H,2,16-17H2,1H3. The lowest BCUT2D eigenvalue weighted by Crippen LogP contribution is -2.08. The molecule has 0 aliphatic carbocycles. The van der Waals surface area contributed by atoms with Crippen molar-refractivity contribution in [3.8, 4) is 0 Å². The summed E-state index contributed by atoms with van der Waals surface area (Å²) in [6.45, 7) is 6.11. The molecule has 0 radical (unpaired) electrons. The molecule has 2 unspecified atom stereocenters. The van der Waals surface area contributed by atoms with Crippen molar-refractivity contribution in [3.05, 3.63) is 132 Å². The Morgan fingerprint density at radius 3 is 1.90 bits per heavy atom. The summed E-state index contributed by atoms with van der Waals surface area (Å²) in [5.41, 5.74) is 4.38. The molecule has 0 aromatic heterocycles. The molecule has 0 bridgehead atoms. The first-order valence-electron chi connectivity index (χ1n) is 10.8. The average Bonchev–Trinajstić information content (AvgIpc) is 3.10. The van der Waals surface area contributed by atoms with E-state index in [1.807, 2.05) is 49.4 Å². The van der Waals surface area contributed by atoms with Gasteiger partial charge in [-0.1, -0.05) is 104 Å². The van der Waals surface area contributed by atoms with Crippen LogP contribution in [0.3, 0.4) is 0 Å². The first-order chi connectivity index (χ1) is 15.2. The normalized spacial score (nSPS) is 18.9. The van der Waals surface area contributed by atoms with Crippen LogP contribution in [0.5, 0.6) is 0 Å². The summed E-state index contributed by atoms with van der Waals surface area (Å²) in [7, 11) is 0. The van der Waals surface area contributed by atoms with Crippen molar-refractivity contribution < 1.29 is 9.47 Å². The van der Waals surface area contributed by atoms with Gasteiger partial charge >= 0.3 is 0 Å². The third kappa shape index (κ3) is 5.22. The molecule has 0 saturated heterocycles. The van der Waals surface area contributed by atoms with Crippen molar-refractivity contribution in [2.45, 2.75) is 32.0 Å². The van der Waals surface area contributed by atoms with Crippen LogP contribution in [0.1, 0.15) is 54.2 Å². The van der Waals surface area contributed by atoms with Crippen LogP contribution in [0.2, 0.25) is 0 Å². The largest absolute Gasteiger partial charge is 0.457 e. The average molecular weight is 409 g/mol. The van der Waals surface area contributed by atoms with Gasteiger partial charge in [-0.2, -0.15) is 0 Å². The van der Waals surface area contributed by atoms with Gasteiger partial charge in [0.1, 0.15) is 11.5 Å². The zero-order valence-electron chi connectivity index (χ0n) is 17.9. The van der Waals surface area contributed by atoms with E-state index in [0.717, 1.165) is 29.7 Å². The Hall–Kier alpha value is -3.36. The van der Waals surface area contributed by atoms with Gasteiger partial charge in [-0.15, -0.1) is 0 Å². The van der Waals surface area contributed by atoms with Gasteiger partial charge in [-0.25, -0.2) is 0 Å². The molecule has 3 aromatic carbocycles. The Labute approximate surface area is 185 Å². The van der Waals surface area contributed by atoms with E-state index in [1.54, 1.807) is 0 Å². The van der Waals surface area contributed by atoms with E-state index in [9.17, 15) is 0 Å². The third-order valence-electron chi connectivity index (χ3n) is 5.52. The lowest BCUT2D eigenvalue weighted by atomic mass is 10.0. The highest BCUT2D eigenvalue weighted by molar-refractivity contribution is 5.68. The van der Waals surface area contributed by atoms with Gasteiger partial charge in [-0.05, 0) is 37.0 Å². The molecule has 0 amide bonds. The van der Waals surface area contributed by atoms with Gasteiger partial charge in [0.05, 0.1) is 12.2 Å². The number of benzene rings is 3. The van der Waals surface area contributed by atoms with E-state index in [2.05, 4.69) is 67.3 Å². The Morgan fingerprint density at radius 2 is 1.32 bits per heavy atom. The summed E-state index contributed by atoms with van der Waals surface area (Å²) >= 11 is 0. The van der Waals surface area contributed by atoms with Crippen LogP contribution < -0.4 is 0 Å². The van der Waals surface area contributed by atoms with Gasteiger partial charge in [0.15, 0.2) is 0 Å². The molecule has 0 fully saturated rings. The van der Waals surface area contributed by atoms with Crippen molar-refractivity contribution >= 4 is 11.5 Å². The van der Waals surface area contributed by atoms with E-state index in [4.69, 9.17) is 9.47 Å². The zero-order chi connectivity index (χ0) is 21.5. The fourth-order valence-corrected chi connectivity index (χ4v) is 3.81. The molecule has 1 aliphatic heterocycles. The van der Waals surface area contributed by atoms with Crippen LogP contribution in [0.15, 0.2) is 110 Å². The smallest absolute Gasteiger partial charge is 0.130 e. The number of ether oxygens (including phenoxy) is 2. The predicted octanol–water partition coefficient (Wildman–Crippen LogP) is 7.88. The first-order valence-corrected chi connectivity index (χ1v) is 10.8. The third-order valence-corrected chi connectivity index (χ3v) is 5.52.